The van der Waals surface area contributed by atoms with Crippen molar-refractivity contribution in [3.8, 4) is 0 Å². The highest BCUT2D eigenvalue weighted by molar-refractivity contribution is 7.88. The molecule has 0 atom stereocenters. The van der Waals surface area contributed by atoms with Crippen molar-refractivity contribution in [3.63, 3.8) is 0 Å². The van der Waals surface area contributed by atoms with Gasteiger partial charge in [0.1, 0.15) is 19.6 Å². The highest BCUT2D eigenvalue weighted by Gasteiger charge is 2.27. The van der Waals surface area contributed by atoms with Gasteiger partial charge in [-0.2, -0.15) is 80.9 Å². The van der Waals surface area contributed by atoms with Crippen LogP contribution in [-0.4, -0.2) is 92.8 Å². The fraction of sp³-hybridized carbons (Fsp3) is 0.0541. The minimum atomic E-state index is -5.27. The average molecular weight is 1100 g/mol. The zero-order chi connectivity index (χ0) is 52.4. The van der Waals surface area contributed by atoms with E-state index >= 15 is 0 Å². The summed E-state index contributed by atoms with van der Waals surface area (Å²) in [6, 6.07) is 14.0. The number of azo groups is 2. The van der Waals surface area contributed by atoms with Crippen molar-refractivity contribution in [2.24, 2.45) is 20.5 Å². The molecule has 0 saturated heterocycles. The van der Waals surface area contributed by atoms with Gasteiger partial charge >= 0.3 is 5.69 Å². The molecule has 0 bridgehead atoms. The third kappa shape index (κ3) is 11.8. The number of fused-ring (bicyclic) bond motifs is 2. The Morgan fingerprint density at radius 3 is 1.17 bits per heavy atom. The maximum absolute atomic E-state index is 12.6. The van der Waals surface area contributed by atoms with Gasteiger partial charge in [-0.15, -0.1) is 0 Å². The molecule has 1 heterocycles. The van der Waals surface area contributed by atoms with Crippen LogP contribution in [-0.2, 0) is 60.7 Å². The second-order valence-electron chi connectivity index (χ2n) is 14.7. The molecule has 0 unspecified atom stereocenters. The van der Waals surface area contributed by atoms with Gasteiger partial charge in [-0.25, -0.2) is 4.79 Å². The van der Waals surface area contributed by atoms with Crippen molar-refractivity contribution in [1.29, 1.82) is 0 Å². The summed E-state index contributed by atoms with van der Waals surface area (Å²) in [5, 5.41) is 19.0. The molecule has 0 radical (unpaired) electrons. The van der Waals surface area contributed by atoms with Crippen LogP contribution in [0, 0.1) is 13.8 Å². The molecule has 0 spiro atoms. The molecule has 71 heavy (non-hydrogen) atoms. The molecule has 0 saturated carbocycles. The van der Waals surface area contributed by atoms with Gasteiger partial charge in [-0.3, -0.25) is 32.3 Å². The Bertz CT molecular complexity index is 4010. The summed E-state index contributed by atoms with van der Waals surface area (Å²) in [5.41, 5.74) is 0.118. The molecule has 0 aliphatic carbocycles. The van der Waals surface area contributed by atoms with Gasteiger partial charge in [0, 0.05) is 32.9 Å². The predicted molar refractivity (Wildman–Crippen MR) is 247 cm³/mol. The Hall–Kier alpha value is -7.09. The van der Waals surface area contributed by atoms with Gasteiger partial charge in [-0.1, -0.05) is 0 Å². The van der Waals surface area contributed by atoms with Gasteiger partial charge in [0.05, 0.1) is 32.5 Å². The fourth-order valence-electron chi connectivity index (χ4n) is 6.66. The Morgan fingerprint density at radius 2 is 0.803 bits per heavy atom. The minimum absolute atomic E-state index is 0.116. The van der Waals surface area contributed by atoms with Crippen LogP contribution in [0.15, 0.2) is 140 Å². The van der Waals surface area contributed by atoms with Crippen molar-refractivity contribution in [2.45, 2.75) is 43.2 Å². The maximum Gasteiger partial charge on any atom is 0.351 e. The van der Waals surface area contributed by atoms with E-state index < -0.39 is 117 Å². The lowest BCUT2D eigenvalue weighted by atomic mass is 10.1. The second kappa shape index (κ2) is 18.3. The Balaban J connectivity index is 1.12. The first-order valence-electron chi connectivity index (χ1n) is 18.8. The smallest absolute Gasteiger partial charge is 0.326 e. The molecule has 9 N–H and O–H groups in total. The number of anilines is 4. The number of aryl methyl sites for hydroxylation is 2. The number of hydrogen-bond acceptors (Lipinski definition) is 21. The van der Waals surface area contributed by atoms with Gasteiger partial charge < -0.3 is 10.6 Å². The average Bonchev–Trinajstić information content (AvgIpc) is 3.22. The van der Waals surface area contributed by atoms with Crippen LogP contribution < -0.4 is 16.3 Å². The Morgan fingerprint density at radius 1 is 0.437 bits per heavy atom. The number of nitrogens with one attached hydrogen (secondary N) is 3. The van der Waals surface area contributed by atoms with Gasteiger partial charge in [-0.05, 0) is 110 Å². The third-order valence-electron chi connectivity index (χ3n) is 9.72. The molecule has 0 aliphatic rings. The summed E-state index contributed by atoms with van der Waals surface area (Å²) in [4.78, 5) is 16.4. The first kappa shape index (κ1) is 51.8. The van der Waals surface area contributed by atoms with Gasteiger partial charge in [0.15, 0.2) is 0 Å². The van der Waals surface area contributed by atoms with Gasteiger partial charge in [0.2, 0.25) is 11.9 Å². The van der Waals surface area contributed by atoms with Crippen LogP contribution in [0.5, 0.6) is 0 Å². The predicted octanol–water partition coefficient (Wildman–Crippen LogP) is 5.89. The van der Waals surface area contributed by atoms with E-state index in [2.05, 4.69) is 46.0 Å². The lowest BCUT2D eigenvalue weighted by molar-refractivity contribution is 0.477. The van der Waals surface area contributed by atoms with Crippen molar-refractivity contribution in [2.75, 3.05) is 10.6 Å². The summed E-state index contributed by atoms with van der Waals surface area (Å²) < 4.78 is 204. The topological polar surface area (TPSA) is 458 Å². The molecule has 1 aromatic heterocycles. The lowest BCUT2D eigenvalue weighted by Gasteiger charge is -2.11. The minimum Gasteiger partial charge on any atom is -0.326 e. The Kier molecular flexibility index (Phi) is 13.3. The Labute approximate surface area is 399 Å². The molecule has 28 nitrogen and oxygen atoms in total. The standard InChI is InChI=1S/C37H29N9O19S6/c1-17-7-19(3-5-29(17)45-43-21-9-25-27(31(11-21)68(54,55)56)13-23(66(48,49)50)15-33(25)70(60,61)62)38-35-40-36(42-37(47)41-35)39-20-4-6-30(18(2)8-20)46-44-22-10-26-28(32(12-22)69(57,58)59)14-24(67(51,52)53)16-34(26)71(63,64)65/h3-16H,1-2H3,(H,48,49,50)(H,51,52,53)(H,54,55,56)(H,57,58,59)(H,60,61,62)(H,63,64,65)(H3,38,39,40,41,42,47). The fourth-order valence-corrected chi connectivity index (χ4v) is 10.8. The maximum atomic E-state index is 12.6. The van der Waals surface area contributed by atoms with Crippen molar-refractivity contribution in [3.05, 3.63) is 107 Å². The van der Waals surface area contributed by atoms with E-state index in [-0.39, 0.29) is 34.6 Å². The molecule has 6 aromatic carbocycles. The summed E-state index contributed by atoms with van der Waals surface area (Å²) in [6.07, 6.45) is 0. The van der Waals surface area contributed by atoms with Crippen LogP contribution in [0.1, 0.15) is 11.1 Å². The third-order valence-corrected chi connectivity index (χ3v) is 15.0. The van der Waals surface area contributed by atoms with Crippen LogP contribution >= 0.6 is 0 Å². The van der Waals surface area contributed by atoms with Crippen molar-refractivity contribution in [1.82, 2.24) is 15.0 Å². The van der Waals surface area contributed by atoms with Gasteiger partial charge in [0.25, 0.3) is 60.7 Å². The lowest BCUT2D eigenvalue weighted by Crippen LogP contribution is -2.16. The van der Waals surface area contributed by atoms with E-state index in [1.165, 1.54) is 36.4 Å². The molecular formula is C37H29N9O19S6. The van der Waals surface area contributed by atoms with E-state index in [0.29, 0.717) is 46.8 Å². The molecule has 0 aliphatic heterocycles. The van der Waals surface area contributed by atoms with Crippen LogP contribution in [0.25, 0.3) is 21.5 Å². The van der Waals surface area contributed by atoms with E-state index in [1.807, 2.05) is 0 Å². The first-order valence-corrected chi connectivity index (χ1v) is 27.4. The molecule has 0 fully saturated rings. The number of nitrogens with zero attached hydrogens (tertiary/aromatic N) is 6. The van der Waals surface area contributed by atoms with E-state index in [1.54, 1.807) is 13.8 Å². The number of aromatic amines is 1. The van der Waals surface area contributed by atoms with E-state index in [9.17, 15) is 82.6 Å². The van der Waals surface area contributed by atoms with Crippen molar-refractivity contribution < 1.29 is 77.8 Å². The largest absolute Gasteiger partial charge is 0.351 e. The number of aromatic nitrogens is 3. The van der Waals surface area contributed by atoms with E-state index in [4.69, 9.17) is 0 Å². The first-order chi connectivity index (χ1) is 32.6. The SMILES string of the molecule is Cc1cc(Nc2nc(Nc3ccc(N=Nc4cc(S(=O)(=O)O)c5cc(S(=O)(=O)O)cc(S(=O)(=O)O)c5c4)c(C)c3)[nH]c(=O)n2)ccc1N=Nc1cc(S(=O)(=O)O)c2cc(S(=O)(=O)O)cc(S(=O)(=O)O)c2c1. The normalized spacial score (nSPS) is 13.1. The molecular weight excluding hydrogens is 1070 g/mol. The number of benzene rings is 6. The molecule has 372 valence electrons. The summed E-state index contributed by atoms with van der Waals surface area (Å²) >= 11 is 0. The second-order valence-corrected chi connectivity index (χ2v) is 23.2. The summed E-state index contributed by atoms with van der Waals surface area (Å²) in [7, 11) is -31.3. The van der Waals surface area contributed by atoms with Crippen LogP contribution in [0.3, 0.4) is 0 Å². The zero-order valence-electron chi connectivity index (χ0n) is 35.2. The van der Waals surface area contributed by atoms with Crippen molar-refractivity contribution >= 4 is 128 Å². The molecule has 7 rings (SSSR count). The molecule has 0 amide bonds. The quantitative estimate of drug-likeness (QED) is 0.0453. The molecule has 7 aromatic rings. The number of hydrogen-bond donors (Lipinski definition) is 9. The zero-order valence-corrected chi connectivity index (χ0v) is 40.1. The highest BCUT2D eigenvalue weighted by Crippen LogP contribution is 2.38. The number of H-pyrrole nitrogens is 1. The summed E-state index contributed by atoms with van der Waals surface area (Å²) in [5.74, 6) is -0.325. The number of rotatable bonds is 14. The highest BCUT2D eigenvalue weighted by atomic mass is 32.2. The molecule has 34 heteroatoms. The van der Waals surface area contributed by atoms with E-state index in [0.717, 1.165) is 24.3 Å². The monoisotopic (exact) mass is 1090 g/mol. The van der Waals surface area contributed by atoms with Crippen LogP contribution in [0.4, 0.5) is 46.0 Å². The van der Waals surface area contributed by atoms with Crippen LogP contribution in [0.2, 0.25) is 0 Å². The summed E-state index contributed by atoms with van der Waals surface area (Å²) in [6.45, 7) is 3.14.